The minimum Gasteiger partial charge on any atom is -0.492 e. The van der Waals surface area contributed by atoms with Crippen LogP contribution in [0.25, 0.3) is 0 Å². The zero-order valence-electron chi connectivity index (χ0n) is 21.1. The second-order valence-electron chi connectivity index (χ2n) is 7.69. The Bertz CT molecular complexity index is 1350. The van der Waals surface area contributed by atoms with E-state index in [1.807, 2.05) is 26.0 Å². The van der Waals surface area contributed by atoms with E-state index in [-0.39, 0.29) is 12.5 Å². The quantitative estimate of drug-likeness (QED) is 0.112. The Morgan fingerprint density at radius 3 is 2.31 bits per heavy atom. The van der Waals surface area contributed by atoms with Crippen LogP contribution in [0.3, 0.4) is 0 Å². The number of carbonyl (C=O) groups excluding carboxylic acids is 3. The summed E-state index contributed by atoms with van der Waals surface area (Å²) >= 11 is 5.41. The van der Waals surface area contributed by atoms with Crippen LogP contribution < -0.4 is 30.3 Å². The fraction of sp³-hybridized carbons (Fsp3) is 0.185. The van der Waals surface area contributed by atoms with Crippen molar-refractivity contribution in [1.82, 2.24) is 5.43 Å². The van der Waals surface area contributed by atoms with Crippen LogP contribution in [0.1, 0.15) is 19.4 Å². The molecule has 0 fully saturated rings. The van der Waals surface area contributed by atoms with Crippen LogP contribution in [0.4, 0.5) is 11.4 Å². The van der Waals surface area contributed by atoms with Gasteiger partial charge in [-0.2, -0.15) is 5.10 Å². The van der Waals surface area contributed by atoms with E-state index in [0.29, 0.717) is 51.0 Å². The van der Waals surface area contributed by atoms with Crippen LogP contribution in [0.15, 0.2) is 70.2 Å². The Hall–Kier alpha value is -3.65. The predicted molar refractivity (Wildman–Crippen MR) is 161 cm³/mol. The summed E-state index contributed by atoms with van der Waals surface area (Å²) in [6.45, 7) is 4.18. The largest absolute Gasteiger partial charge is 0.492 e. The zero-order valence-corrected chi connectivity index (χ0v) is 24.9. The number of ether oxygens (including phenoxy) is 3. The molecule has 39 heavy (non-hydrogen) atoms. The number of hydrogen-bond donors (Lipinski definition) is 3. The SMILES string of the molecule is CCOc1ccccc1NC(=O)C(=O)N/N=C\c1cc(I)c(OCC(=O)Nc2ccc(Br)cc2)c(OCC)c1. The summed E-state index contributed by atoms with van der Waals surface area (Å²) in [4.78, 5) is 36.9. The van der Waals surface area contributed by atoms with E-state index in [1.54, 1.807) is 48.5 Å². The van der Waals surface area contributed by atoms with E-state index in [1.165, 1.54) is 6.21 Å². The summed E-state index contributed by atoms with van der Waals surface area (Å²) in [6, 6.07) is 17.4. The predicted octanol–water partition coefficient (Wildman–Crippen LogP) is 4.96. The molecule has 0 atom stereocenters. The van der Waals surface area contributed by atoms with Crippen LogP contribution >= 0.6 is 38.5 Å². The normalized spacial score (nSPS) is 10.6. The maximum atomic E-state index is 12.4. The monoisotopic (exact) mass is 708 g/mol. The fourth-order valence-electron chi connectivity index (χ4n) is 3.18. The number of halogens is 2. The summed E-state index contributed by atoms with van der Waals surface area (Å²) in [5.74, 6) is -0.916. The molecule has 0 aliphatic rings. The van der Waals surface area contributed by atoms with E-state index in [0.717, 1.165) is 4.47 Å². The average Bonchev–Trinajstić information content (AvgIpc) is 2.91. The van der Waals surface area contributed by atoms with Gasteiger partial charge >= 0.3 is 11.8 Å². The highest BCUT2D eigenvalue weighted by molar-refractivity contribution is 14.1. The van der Waals surface area contributed by atoms with E-state index >= 15 is 0 Å². The molecule has 0 radical (unpaired) electrons. The first-order valence-electron chi connectivity index (χ1n) is 11.8. The van der Waals surface area contributed by atoms with Crippen molar-refractivity contribution >= 4 is 73.8 Å². The van der Waals surface area contributed by atoms with Crippen molar-refractivity contribution in [1.29, 1.82) is 0 Å². The molecule has 0 aliphatic carbocycles. The number of nitrogens with zero attached hydrogens (tertiary/aromatic N) is 1. The van der Waals surface area contributed by atoms with Gasteiger partial charge in [0.15, 0.2) is 18.1 Å². The molecule has 0 saturated carbocycles. The number of hydrazone groups is 1. The number of anilines is 2. The zero-order chi connectivity index (χ0) is 28.2. The first-order valence-corrected chi connectivity index (χ1v) is 13.7. The second-order valence-corrected chi connectivity index (χ2v) is 9.77. The molecule has 12 heteroatoms. The van der Waals surface area contributed by atoms with Crippen molar-refractivity contribution in [2.75, 3.05) is 30.5 Å². The number of hydrogen-bond acceptors (Lipinski definition) is 7. The van der Waals surface area contributed by atoms with Crippen LogP contribution in [0, 0.1) is 3.57 Å². The minimum absolute atomic E-state index is 0.225. The second kappa shape index (κ2) is 15.1. The van der Waals surface area contributed by atoms with Crippen molar-refractivity contribution in [3.05, 3.63) is 74.3 Å². The highest BCUT2D eigenvalue weighted by atomic mass is 127. The van der Waals surface area contributed by atoms with Gasteiger partial charge in [-0.3, -0.25) is 14.4 Å². The van der Waals surface area contributed by atoms with Crippen LogP contribution in [0.5, 0.6) is 17.2 Å². The van der Waals surface area contributed by atoms with Crippen molar-refractivity contribution in [3.8, 4) is 17.2 Å². The molecule has 0 aromatic heterocycles. The number of carbonyl (C=O) groups is 3. The van der Waals surface area contributed by atoms with Gasteiger partial charge in [0.05, 0.1) is 28.7 Å². The third-order valence-electron chi connectivity index (χ3n) is 4.83. The lowest BCUT2D eigenvalue weighted by atomic mass is 10.2. The lowest BCUT2D eigenvalue weighted by molar-refractivity contribution is -0.136. The van der Waals surface area contributed by atoms with Crippen LogP contribution in [-0.2, 0) is 14.4 Å². The lowest BCUT2D eigenvalue weighted by Gasteiger charge is -2.14. The number of rotatable bonds is 11. The Morgan fingerprint density at radius 2 is 1.59 bits per heavy atom. The Morgan fingerprint density at radius 1 is 0.897 bits per heavy atom. The molecule has 3 rings (SSSR count). The Kier molecular flexibility index (Phi) is 11.6. The molecule has 0 unspecified atom stereocenters. The maximum Gasteiger partial charge on any atom is 0.329 e. The number of nitrogens with one attached hydrogen (secondary N) is 3. The van der Waals surface area contributed by atoms with E-state index < -0.39 is 11.8 Å². The summed E-state index contributed by atoms with van der Waals surface area (Å²) < 4.78 is 18.5. The van der Waals surface area contributed by atoms with Gasteiger partial charge in [0.25, 0.3) is 5.91 Å². The molecule has 3 N–H and O–H groups in total. The number of para-hydroxylation sites is 2. The van der Waals surface area contributed by atoms with Crippen molar-refractivity contribution < 1.29 is 28.6 Å². The topological polar surface area (TPSA) is 127 Å². The third-order valence-corrected chi connectivity index (χ3v) is 6.16. The molecule has 3 aromatic carbocycles. The van der Waals surface area contributed by atoms with Gasteiger partial charge in [-0.1, -0.05) is 28.1 Å². The molecule has 0 saturated heterocycles. The molecule has 10 nitrogen and oxygen atoms in total. The van der Waals surface area contributed by atoms with Gasteiger partial charge in [-0.25, -0.2) is 5.43 Å². The third kappa shape index (κ3) is 9.25. The molecular weight excluding hydrogens is 683 g/mol. The highest BCUT2D eigenvalue weighted by Crippen LogP contribution is 2.34. The van der Waals surface area contributed by atoms with Crippen LogP contribution in [0.2, 0.25) is 0 Å². The Balaban J connectivity index is 1.61. The first kappa shape index (κ1) is 29.9. The summed E-state index contributed by atoms with van der Waals surface area (Å²) in [7, 11) is 0. The minimum atomic E-state index is -0.950. The van der Waals surface area contributed by atoms with E-state index in [2.05, 4.69) is 59.7 Å². The molecule has 204 valence electrons. The smallest absolute Gasteiger partial charge is 0.329 e. The van der Waals surface area contributed by atoms with Gasteiger partial charge in [-0.05, 0) is 90.5 Å². The summed E-state index contributed by atoms with van der Waals surface area (Å²) in [5.41, 5.74) is 3.80. The standard InChI is InChI=1S/C27H26BrIN4O6/c1-3-37-22-8-6-5-7-21(22)32-26(35)27(36)33-30-15-17-13-20(29)25(23(14-17)38-4-2)39-16-24(34)31-19-11-9-18(28)10-12-19/h5-15H,3-4,16H2,1-2H3,(H,31,34)(H,32,35)(H,33,36)/b30-15-. The average molecular weight is 709 g/mol. The molecule has 3 amide bonds. The molecule has 0 heterocycles. The number of amides is 3. The van der Waals surface area contributed by atoms with E-state index in [9.17, 15) is 14.4 Å². The van der Waals surface area contributed by atoms with Gasteiger partial charge in [0.1, 0.15) is 5.75 Å². The van der Waals surface area contributed by atoms with Gasteiger partial charge < -0.3 is 24.8 Å². The summed E-state index contributed by atoms with van der Waals surface area (Å²) in [6.07, 6.45) is 1.37. The first-order chi connectivity index (χ1) is 18.8. The highest BCUT2D eigenvalue weighted by Gasteiger charge is 2.16. The molecule has 3 aromatic rings. The lowest BCUT2D eigenvalue weighted by Crippen LogP contribution is -2.32. The number of benzene rings is 3. The maximum absolute atomic E-state index is 12.4. The van der Waals surface area contributed by atoms with Crippen molar-refractivity contribution in [3.63, 3.8) is 0 Å². The van der Waals surface area contributed by atoms with Crippen molar-refractivity contribution in [2.24, 2.45) is 5.10 Å². The van der Waals surface area contributed by atoms with Crippen molar-refractivity contribution in [2.45, 2.75) is 13.8 Å². The van der Waals surface area contributed by atoms with Crippen LogP contribution in [-0.4, -0.2) is 43.8 Å². The molecule has 0 bridgehead atoms. The molecule has 0 aliphatic heterocycles. The van der Waals surface area contributed by atoms with Gasteiger partial charge in [0.2, 0.25) is 0 Å². The Labute approximate surface area is 247 Å². The molecule has 0 spiro atoms. The fourth-order valence-corrected chi connectivity index (χ4v) is 4.23. The van der Waals surface area contributed by atoms with Gasteiger partial charge in [0, 0.05) is 10.2 Å². The van der Waals surface area contributed by atoms with E-state index in [4.69, 9.17) is 14.2 Å². The molecular formula is C27H26BrIN4O6. The van der Waals surface area contributed by atoms with Gasteiger partial charge in [-0.15, -0.1) is 0 Å². The summed E-state index contributed by atoms with van der Waals surface area (Å²) in [5, 5.41) is 9.15.